The first-order chi connectivity index (χ1) is 11.6. The van der Waals surface area contributed by atoms with Crippen molar-refractivity contribution in [3.63, 3.8) is 0 Å². The van der Waals surface area contributed by atoms with Gasteiger partial charge in [0.05, 0.1) is 5.69 Å². The summed E-state index contributed by atoms with van der Waals surface area (Å²) in [5.74, 6) is -0.573. The second-order valence-corrected chi connectivity index (χ2v) is 5.58. The molecule has 1 N–H and O–H groups in total. The van der Waals surface area contributed by atoms with Crippen LogP contribution in [0.5, 0.6) is 0 Å². The van der Waals surface area contributed by atoms with Gasteiger partial charge in [0.1, 0.15) is 0 Å². The number of nitrogens with one attached hydrogen (secondary N) is 1. The van der Waals surface area contributed by atoms with Crippen LogP contribution < -0.4 is 10.7 Å². The summed E-state index contributed by atoms with van der Waals surface area (Å²) in [6.45, 7) is 1.79. The molecule has 0 unspecified atom stereocenters. The van der Waals surface area contributed by atoms with Crippen molar-refractivity contribution in [1.82, 2.24) is 9.78 Å². The summed E-state index contributed by atoms with van der Waals surface area (Å²) in [4.78, 5) is 24.5. The lowest BCUT2D eigenvalue weighted by Crippen LogP contribution is -2.25. The van der Waals surface area contributed by atoms with Crippen LogP contribution in [0.1, 0.15) is 16.1 Å². The van der Waals surface area contributed by atoms with E-state index in [1.165, 1.54) is 16.9 Å². The van der Waals surface area contributed by atoms with Gasteiger partial charge >= 0.3 is 0 Å². The number of rotatable bonds is 3. The Kier molecular flexibility index (Phi) is 4.44. The zero-order valence-corrected chi connectivity index (χ0v) is 13.6. The van der Waals surface area contributed by atoms with Crippen molar-refractivity contribution in [2.75, 3.05) is 5.32 Å². The second kappa shape index (κ2) is 6.68. The molecule has 0 radical (unpaired) electrons. The van der Waals surface area contributed by atoms with Gasteiger partial charge in [0.25, 0.3) is 5.91 Å². The van der Waals surface area contributed by atoms with Gasteiger partial charge in [-0.2, -0.15) is 5.10 Å². The third kappa shape index (κ3) is 3.21. The summed E-state index contributed by atoms with van der Waals surface area (Å²) in [7, 11) is 0. The Hall–Kier alpha value is -2.92. The Morgan fingerprint density at radius 2 is 1.83 bits per heavy atom. The zero-order chi connectivity index (χ0) is 17.1. The van der Waals surface area contributed by atoms with Crippen molar-refractivity contribution in [2.45, 2.75) is 6.92 Å². The highest BCUT2D eigenvalue weighted by Gasteiger charge is 2.15. The maximum absolute atomic E-state index is 12.5. The van der Waals surface area contributed by atoms with Gasteiger partial charge in [0.2, 0.25) is 5.43 Å². The van der Waals surface area contributed by atoms with Crippen LogP contribution in [0, 0.1) is 6.92 Å². The first-order valence-corrected chi connectivity index (χ1v) is 7.66. The van der Waals surface area contributed by atoms with Gasteiger partial charge in [0, 0.05) is 23.0 Å². The summed E-state index contributed by atoms with van der Waals surface area (Å²) >= 11 is 6.05. The fourth-order valence-corrected chi connectivity index (χ4v) is 2.39. The molecule has 0 fully saturated rings. The Balaban J connectivity index is 1.95. The van der Waals surface area contributed by atoms with Gasteiger partial charge in [-0.25, -0.2) is 4.68 Å². The van der Waals surface area contributed by atoms with E-state index in [1.54, 1.807) is 25.1 Å². The van der Waals surface area contributed by atoms with Crippen LogP contribution in [0.3, 0.4) is 0 Å². The Labute approximate surface area is 143 Å². The van der Waals surface area contributed by atoms with E-state index in [9.17, 15) is 9.59 Å². The van der Waals surface area contributed by atoms with E-state index in [-0.39, 0.29) is 5.69 Å². The van der Waals surface area contributed by atoms with Crippen molar-refractivity contribution in [3.8, 4) is 5.69 Å². The molecule has 3 rings (SSSR count). The minimum atomic E-state index is -0.573. The molecule has 0 saturated carbocycles. The van der Waals surface area contributed by atoms with E-state index >= 15 is 0 Å². The monoisotopic (exact) mass is 339 g/mol. The van der Waals surface area contributed by atoms with Crippen LogP contribution in [-0.4, -0.2) is 15.7 Å². The molecule has 1 amide bonds. The molecule has 0 saturated heterocycles. The van der Waals surface area contributed by atoms with E-state index in [4.69, 9.17) is 11.6 Å². The number of anilines is 1. The molecule has 0 aliphatic rings. The number of hydrogen-bond donors (Lipinski definition) is 1. The van der Waals surface area contributed by atoms with E-state index in [2.05, 4.69) is 10.4 Å². The summed E-state index contributed by atoms with van der Waals surface area (Å²) in [5, 5.41) is 7.37. The molecule has 1 aromatic heterocycles. The number of carbonyl (C=O) groups is 1. The van der Waals surface area contributed by atoms with E-state index in [1.807, 2.05) is 30.3 Å². The van der Waals surface area contributed by atoms with Gasteiger partial charge in [-0.15, -0.1) is 0 Å². The second-order valence-electron chi connectivity index (χ2n) is 5.18. The maximum Gasteiger partial charge on any atom is 0.280 e. The lowest BCUT2D eigenvalue weighted by atomic mass is 10.2. The van der Waals surface area contributed by atoms with Gasteiger partial charge < -0.3 is 5.32 Å². The third-order valence-corrected chi connectivity index (χ3v) is 3.97. The van der Waals surface area contributed by atoms with Crippen LogP contribution in [0.4, 0.5) is 5.69 Å². The lowest BCUT2D eigenvalue weighted by Gasteiger charge is -2.10. The molecule has 3 aromatic rings. The molecular formula is C18H14ClN3O2. The van der Waals surface area contributed by atoms with Crippen LogP contribution >= 0.6 is 11.6 Å². The van der Waals surface area contributed by atoms with Gasteiger partial charge in [0.15, 0.2) is 5.69 Å². The lowest BCUT2D eigenvalue weighted by molar-refractivity contribution is 0.101. The van der Waals surface area contributed by atoms with Crippen molar-refractivity contribution in [2.24, 2.45) is 0 Å². The normalized spacial score (nSPS) is 10.4. The van der Waals surface area contributed by atoms with Crippen LogP contribution in [0.2, 0.25) is 5.02 Å². The fourth-order valence-electron chi connectivity index (χ4n) is 2.21. The SMILES string of the molecule is Cc1c(Cl)cccc1NC(=O)c1nn(-c2ccccc2)ccc1=O. The fraction of sp³-hybridized carbons (Fsp3) is 0.0556. The van der Waals surface area contributed by atoms with Crippen molar-refractivity contribution >= 4 is 23.2 Å². The molecule has 24 heavy (non-hydrogen) atoms. The molecule has 0 bridgehead atoms. The number of nitrogens with zero attached hydrogens (tertiary/aromatic N) is 2. The Bertz CT molecular complexity index is 952. The van der Waals surface area contributed by atoms with Crippen LogP contribution in [-0.2, 0) is 0 Å². The van der Waals surface area contributed by atoms with Crippen LogP contribution in [0.25, 0.3) is 5.69 Å². The molecule has 2 aromatic carbocycles. The molecule has 0 aliphatic carbocycles. The minimum Gasteiger partial charge on any atom is -0.320 e. The topological polar surface area (TPSA) is 64.0 Å². The quantitative estimate of drug-likeness (QED) is 0.795. The highest BCUT2D eigenvalue weighted by Crippen LogP contribution is 2.23. The zero-order valence-electron chi connectivity index (χ0n) is 12.9. The van der Waals surface area contributed by atoms with Crippen LogP contribution in [0.15, 0.2) is 65.6 Å². The summed E-state index contributed by atoms with van der Waals surface area (Å²) < 4.78 is 1.49. The highest BCUT2D eigenvalue weighted by molar-refractivity contribution is 6.31. The maximum atomic E-state index is 12.5. The average Bonchev–Trinajstić information content (AvgIpc) is 2.60. The van der Waals surface area contributed by atoms with E-state index in [0.29, 0.717) is 10.7 Å². The third-order valence-electron chi connectivity index (χ3n) is 3.56. The first-order valence-electron chi connectivity index (χ1n) is 7.28. The predicted octanol–water partition coefficient (Wildman–Crippen LogP) is 3.45. The molecular weight excluding hydrogens is 326 g/mol. The Morgan fingerprint density at radius 1 is 1.08 bits per heavy atom. The van der Waals surface area contributed by atoms with Crippen molar-refractivity contribution in [1.29, 1.82) is 0 Å². The number of para-hydroxylation sites is 1. The molecule has 0 spiro atoms. The molecule has 120 valence electrons. The standard InChI is InChI=1S/C18H14ClN3O2/c1-12-14(19)8-5-9-15(12)20-18(24)17-16(23)10-11-22(21-17)13-6-3-2-4-7-13/h2-11H,1H3,(H,20,24). The van der Waals surface area contributed by atoms with Gasteiger partial charge in [-0.3, -0.25) is 9.59 Å². The van der Waals surface area contributed by atoms with Gasteiger partial charge in [-0.1, -0.05) is 35.9 Å². The molecule has 6 heteroatoms. The van der Waals surface area contributed by atoms with Crippen molar-refractivity contribution < 1.29 is 4.79 Å². The van der Waals surface area contributed by atoms with E-state index in [0.717, 1.165) is 11.3 Å². The molecule has 5 nitrogen and oxygen atoms in total. The molecule has 1 heterocycles. The average molecular weight is 340 g/mol. The first kappa shape index (κ1) is 16.0. The van der Waals surface area contributed by atoms with Gasteiger partial charge in [-0.05, 0) is 36.8 Å². The number of amides is 1. The largest absolute Gasteiger partial charge is 0.320 e. The molecule has 0 atom stereocenters. The highest BCUT2D eigenvalue weighted by atomic mass is 35.5. The number of benzene rings is 2. The summed E-state index contributed by atoms with van der Waals surface area (Å²) in [6, 6.07) is 15.7. The smallest absolute Gasteiger partial charge is 0.280 e. The summed E-state index contributed by atoms with van der Waals surface area (Å²) in [6.07, 6.45) is 1.53. The molecule has 0 aliphatic heterocycles. The Morgan fingerprint density at radius 3 is 2.58 bits per heavy atom. The number of carbonyl (C=O) groups excluding carboxylic acids is 1. The number of aromatic nitrogens is 2. The van der Waals surface area contributed by atoms with Crippen molar-refractivity contribution in [3.05, 3.63) is 87.3 Å². The van der Waals surface area contributed by atoms with E-state index < -0.39 is 11.3 Å². The summed E-state index contributed by atoms with van der Waals surface area (Å²) in [5.41, 5.74) is 1.40. The minimum absolute atomic E-state index is 0.180. The number of halogens is 1. The number of hydrogen-bond acceptors (Lipinski definition) is 3. The predicted molar refractivity (Wildman–Crippen MR) is 94.0 cm³/mol.